The fourth-order valence-electron chi connectivity index (χ4n) is 2.24. The van der Waals surface area contributed by atoms with E-state index in [1.807, 2.05) is 33.0 Å². The highest BCUT2D eigenvalue weighted by atomic mass is 16.5. The van der Waals surface area contributed by atoms with E-state index in [9.17, 15) is 0 Å². The van der Waals surface area contributed by atoms with Crippen molar-refractivity contribution in [3.8, 4) is 5.75 Å². The SMILES string of the molecule is CNC(c1ccc(OC)cc1)c1cc(C)oc1C. The number of rotatable bonds is 4. The van der Waals surface area contributed by atoms with Crippen LogP contribution in [0.3, 0.4) is 0 Å². The summed E-state index contributed by atoms with van der Waals surface area (Å²) in [7, 11) is 3.63. The molecule has 0 bridgehead atoms. The largest absolute Gasteiger partial charge is 0.497 e. The Bertz CT molecular complexity index is 514. The number of ether oxygens (including phenoxy) is 1. The van der Waals surface area contributed by atoms with Gasteiger partial charge >= 0.3 is 0 Å². The van der Waals surface area contributed by atoms with E-state index >= 15 is 0 Å². The van der Waals surface area contributed by atoms with E-state index in [4.69, 9.17) is 9.15 Å². The minimum absolute atomic E-state index is 0.147. The summed E-state index contributed by atoms with van der Waals surface area (Å²) in [6, 6.07) is 10.3. The van der Waals surface area contributed by atoms with Crippen molar-refractivity contribution in [3.63, 3.8) is 0 Å². The second-order valence-corrected chi connectivity index (χ2v) is 4.36. The van der Waals surface area contributed by atoms with Crippen molar-refractivity contribution in [2.75, 3.05) is 14.2 Å². The van der Waals surface area contributed by atoms with Gasteiger partial charge in [0.05, 0.1) is 13.2 Å². The van der Waals surface area contributed by atoms with Gasteiger partial charge in [-0.1, -0.05) is 12.1 Å². The molecule has 2 aromatic rings. The highest BCUT2D eigenvalue weighted by molar-refractivity contribution is 5.37. The zero-order chi connectivity index (χ0) is 13.1. The number of methoxy groups -OCH3 is 1. The van der Waals surface area contributed by atoms with Gasteiger partial charge in [-0.25, -0.2) is 0 Å². The molecular formula is C15H19NO2. The fourth-order valence-corrected chi connectivity index (χ4v) is 2.24. The zero-order valence-corrected chi connectivity index (χ0v) is 11.3. The molecule has 1 unspecified atom stereocenters. The van der Waals surface area contributed by atoms with Crippen LogP contribution in [0.5, 0.6) is 5.75 Å². The molecule has 0 radical (unpaired) electrons. The highest BCUT2D eigenvalue weighted by Crippen LogP contribution is 2.28. The minimum atomic E-state index is 0.147. The third-order valence-electron chi connectivity index (χ3n) is 3.13. The van der Waals surface area contributed by atoms with Gasteiger partial charge in [0.15, 0.2) is 0 Å². The van der Waals surface area contributed by atoms with Crippen LogP contribution in [-0.2, 0) is 0 Å². The van der Waals surface area contributed by atoms with Crippen molar-refractivity contribution < 1.29 is 9.15 Å². The normalized spacial score (nSPS) is 12.4. The Kier molecular flexibility index (Phi) is 3.72. The fraction of sp³-hybridized carbons (Fsp3) is 0.333. The van der Waals surface area contributed by atoms with E-state index in [-0.39, 0.29) is 6.04 Å². The molecule has 0 aliphatic carbocycles. The topological polar surface area (TPSA) is 34.4 Å². The second-order valence-electron chi connectivity index (χ2n) is 4.36. The molecule has 1 heterocycles. The summed E-state index contributed by atoms with van der Waals surface area (Å²) in [5, 5.41) is 3.33. The molecule has 1 N–H and O–H groups in total. The maximum absolute atomic E-state index is 5.60. The van der Waals surface area contributed by atoms with Crippen molar-refractivity contribution in [2.45, 2.75) is 19.9 Å². The summed E-state index contributed by atoms with van der Waals surface area (Å²) >= 11 is 0. The highest BCUT2D eigenvalue weighted by Gasteiger charge is 2.17. The number of benzene rings is 1. The summed E-state index contributed by atoms with van der Waals surface area (Å²) in [6.07, 6.45) is 0. The van der Waals surface area contributed by atoms with Crippen LogP contribution in [-0.4, -0.2) is 14.2 Å². The average molecular weight is 245 g/mol. The van der Waals surface area contributed by atoms with E-state index in [2.05, 4.69) is 23.5 Å². The molecule has 0 aliphatic rings. The van der Waals surface area contributed by atoms with Gasteiger partial charge in [-0.15, -0.1) is 0 Å². The molecule has 0 amide bonds. The van der Waals surface area contributed by atoms with Gasteiger partial charge in [-0.3, -0.25) is 0 Å². The van der Waals surface area contributed by atoms with Crippen molar-refractivity contribution >= 4 is 0 Å². The first kappa shape index (κ1) is 12.7. The van der Waals surface area contributed by atoms with Crippen molar-refractivity contribution in [1.82, 2.24) is 5.32 Å². The Balaban J connectivity index is 2.35. The van der Waals surface area contributed by atoms with Crippen LogP contribution in [0.25, 0.3) is 0 Å². The number of nitrogens with one attached hydrogen (secondary N) is 1. The third kappa shape index (κ3) is 2.41. The summed E-state index contributed by atoms with van der Waals surface area (Å²) < 4.78 is 10.8. The molecule has 1 aromatic carbocycles. The molecule has 3 nitrogen and oxygen atoms in total. The van der Waals surface area contributed by atoms with Gasteiger partial charge in [0.1, 0.15) is 17.3 Å². The standard InChI is InChI=1S/C15H19NO2/c1-10-9-14(11(2)18-10)15(16-3)12-5-7-13(17-4)8-6-12/h5-9,15-16H,1-4H3. The smallest absolute Gasteiger partial charge is 0.118 e. The molecular weight excluding hydrogens is 226 g/mol. The molecule has 0 spiro atoms. The maximum atomic E-state index is 5.60. The first-order valence-corrected chi connectivity index (χ1v) is 6.04. The summed E-state index contributed by atoms with van der Waals surface area (Å²) in [6.45, 7) is 3.97. The van der Waals surface area contributed by atoms with Gasteiger partial charge in [-0.05, 0) is 44.7 Å². The summed E-state index contributed by atoms with van der Waals surface area (Å²) in [4.78, 5) is 0. The average Bonchev–Trinajstić information content (AvgIpc) is 2.70. The molecule has 0 aliphatic heterocycles. The van der Waals surface area contributed by atoms with Crippen LogP contribution >= 0.6 is 0 Å². The molecule has 3 heteroatoms. The van der Waals surface area contributed by atoms with E-state index in [0.717, 1.165) is 17.3 Å². The van der Waals surface area contributed by atoms with Gasteiger partial charge < -0.3 is 14.5 Å². The molecule has 0 saturated carbocycles. The van der Waals surface area contributed by atoms with Crippen molar-refractivity contribution in [3.05, 3.63) is 53.0 Å². The van der Waals surface area contributed by atoms with Gasteiger partial charge in [-0.2, -0.15) is 0 Å². The van der Waals surface area contributed by atoms with E-state index in [1.165, 1.54) is 11.1 Å². The molecule has 96 valence electrons. The van der Waals surface area contributed by atoms with Crippen LogP contribution in [0.1, 0.15) is 28.7 Å². The quantitative estimate of drug-likeness (QED) is 0.898. The van der Waals surface area contributed by atoms with Gasteiger partial charge in [0.25, 0.3) is 0 Å². The Morgan fingerprint density at radius 2 is 1.83 bits per heavy atom. The predicted octanol–water partition coefficient (Wildman–Crippen LogP) is 3.21. The molecule has 1 aromatic heterocycles. The number of hydrogen-bond acceptors (Lipinski definition) is 3. The lowest BCUT2D eigenvalue weighted by atomic mass is 9.99. The Hall–Kier alpha value is -1.74. The van der Waals surface area contributed by atoms with Crippen LogP contribution in [0.15, 0.2) is 34.7 Å². The van der Waals surface area contributed by atoms with Crippen molar-refractivity contribution in [2.24, 2.45) is 0 Å². The van der Waals surface area contributed by atoms with Crippen molar-refractivity contribution in [1.29, 1.82) is 0 Å². The summed E-state index contributed by atoms with van der Waals surface area (Å²) in [5.74, 6) is 2.77. The lowest BCUT2D eigenvalue weighted by molar-refractivity contribution is 0.414. The van der Waals surface area contributed by atoms with Gasteiger partial charge in [0.2, 0.25) is 0 Å². The molecule has 0 fully saturated rings. The third-order valence-corrected chi connectivity index (χ3v) is 3.13. The second kappa shape index (κ2) is 5.27. The lowest BCUT2D eigenvalue weighted by Gasteiger charge is -2.16. The molecule has 2 rings (SSSR count). The van der Waals surface area contributed by atoms with Gasteiger partial charge in [0, 0.05) is 5.56 Å². The summed E-state index contributed by atoms with van der Waals surface area (Å²) in [5.41, 5.74) is 2.38. The monoisotopic (exact) mass is 245 g/mol. The molecule has 1 atom stereocenters. The Morgan fingerprint density at radius 1 is 1.17 bits per heavy atom. The Morgan fingerprint density at radius 3 is 2.28 bits per heavy atom. The van der Waals surface area contributed by atoms with Crippen LogP contribution in [0, 0.1) is 13.8 Å². The van der Waals surface area contributed by atoms with E-state index in [0.29, 0.717) is 0 Å². The maximum Gasteiger partial charge on any atom is 0.118 e. The first-order chi connectivity index (χ1) is 8.65. The molecule has 18 heavy (non-hydrogen) atoms. The Labute approximate surface area is 108 Å². The molecule has 0 saturated heterocycles. The zero-order valence-electron chi connectivity index (χ0n) is 11.3. The van der Waals surface area contributed by atoms with Crippen LogP contribution in [0.4, 0.5) is 0 Å². The predicted molar refractivity (Wildman–Crippen MR) is 72.1 cm³/mol. The first-order valence-electron chi connectivity index (χ1n) is 6.04. The van der Waals surface area contributed by atoms with Crippen LogP contribution in [0.2, 0.25) is 0 Å². The lowest BCUT2D eigenvalue weighted by Crippen LogP contribution is -2.17. The number of furan rings is 1. The van der Waals surface area contributed by atoms with E-state index < -0.39 is 0 Å². The minimum Gasteiger partial charge on any atom is -0.497 e. The van der Waals surface area contributed by atoms with Crippen LogP contribution < -0.4 is 10.1 Å². The van der Waals surface area contributed by atoms with E-state index in [1.54, 1.807) is 7.11 Å². The number of aryl methyl sites for hydroxylation is 2. The number of hydrogen-bond donors (Lipinski definition) is 1.